The molecule has 5 heteroatoms. The number of hydrogen-bond acceptors (Lipinski definition) is 4. The maximum Gasteiger partial charge on any atom is 0.224 e. The molecule has 1 saturated heterocycles. The molecule has 1 fully saturated rings. The first kappa shape index (κ1) is 16.3. The van der Waals surface area contributed by atoms with Gasteiger partial charge >= 0.3 is 0 Å². The highest BCUT2D eigenvalue weighted by molar-refractivity contribution is 8.77. The minimum atomic E-state index is 0.0801. The molecule has 0 aliphatic carbocycles. The zero-order valence-corrected chi connectivity index (χ0v) is 13.6. The summed E-state index contributed by atoms with van der Waals surface area (Å²) in [5.41, 5.74) is 1.78. The Labute approximate surface area is 134 Å². The summed E-state index contributed by atoms with van der Waals surface area (Å²) in [6.45, 7) is 0. The third kappa shape index (κ3) is 6.03. The molecular formula is C16H20N2OS2. The number of nitrogens with zero attached hydrogens (tertiary/aromatic N) is 1. The number of anilines is 1. The van der Waals surface area contributed by atoms with Crippen LogP contribution >= 0.6 is 21.6 Å². The Morgan fingerprint density at radius 1 is 1.33 bits per heavy atom. The summed E-state index contributed by atoms with van der Waals surface area (Å²) in [5, 5.41) is 12.3. The van der Waals surface area contributed by atoms with Gasteiger partial charge in [-0.3, -0.25) is 4.79 Å². The number of hydrogen-bond donors (Lipinski definition) is 1. The van der Waals surface area contributed by atoms with Gasteiger partial charge in [0.05, 0.1) is 12.5 Å². The topological polar surface area (TPSA) is 52.9 Å². The van der Waals surface area contributed by atoms with E-state index in [9.17, 15) is 4.79 Å². The fraction of sp³-hybridized carbons (Fsp3) is 0.500. The summed E-state index contributed by atoms with van der Waals surface area (Å²) < 4.78 is 0. The van der Waals surface area contributed by atoms with E-state index in [1.165, 1.54) is 18.6 Å². The number of nitrogens with one attached hydrogen (secondary N) is 1. The van der Waals surface area contributed by atoms with Gasteiger partial charge < -0.3 is 5.32 Å². The van der Waals surface area contributed by atoms with Crippen molar-refractivity contribution >= 4 is 33.2 Å². The lowest BCUT2D eigenvalue weighted by molar-refractivity contribution is -0.116. The molecule has 2 rings (SSSR count). The third-order valence-electron chi connectivity index (χ3n) is 3.43. The van der Waals surface area contributed by atoms with Gasteiger partial charge in [-0.15, -0.1) is 0 Å². The summed E-state index contributed by atoms with van der Waals surface area (Å²) in [4.78, 5) is 11.8. The lowest BCUT2D eigenvalue weighted by Crippen LogP contribution is -2.11. The molecule has 1 aliphatic rings. The van der Waals surface area contributed by atoms with Gasteiger partial charge in [-0.25, -0.2) is 0 Å². The first-order chi connectivity index (χ1) is 10.3. The van der Waals surface area contributed by atoms with Crippen LogP contribution in [-0.4, -0.2) is 16.9 Å². The quantitative estimate of drug-likeness (QED) is 0.597. The van der Waals surface area contributed by atoms with Crippen LogP contribution in [0, 0.1) is 11.3 Å². The second-order valence-corrected chi connectivity index (χ2v) is 7.94. The molecule has 1 aliphatic heterocycles. The second-order valence-electron chi connectivity index (χ2n) is 5.15. The van der Waals surface area contributed by atoms with E-state index in [-0.39, 0.29) is 5.91 Å². The molecule has 0 radical (unpaired) electrons. The first-order valence-electron chi connectivity index (χ1n) is 7.32. The zero-order chi connectivity index (χ0) is 14.9. The Balaban J connectivity index is 1.63. The van der Waals surface area contributed by atoms with Crippen molar-refractivity contribution in [1.82, 2.24) is 0 Å². The normalized spacial score (nSPS) is 17.4. The average molecular weight is 320 g/mol. The summed E-state index contributed by atoms with van der Waals surface area (Å²) >= 11 is 0. The van der Waals surface area contributed by atoms with E-state index in [1.54, 1.807) is 0 Å². The maximum absolute atomic E-state index is 11.8. The molecule has 1 unspecified atom stereocenters. The number of carbonyl (C=O) groups is 1. The Kier molecular flexibility index (Phi) is 6.98. The Bertz CT molecular complexity index is 490. The van der Waals surface area contributed by atoms with Crippen LogP contribution in [-0.2, 0) is 11.2 Å². The summed E-state index contributed by atoms with van der Waals surface area (Å²) in [6, 6.07) is 9.59. The van der Waals surface area contributed by atoms with Crippen molar-refractivity contribution in [3.63, 3.8) is 0 Å². The van der Waals surface area contributed by atoms with Gasteiger partial charge in [0.1, 0.15) is 0 Å². The fourth-order valence-electron chi connectivity index (χ4n) is 2.24. The van der Waals surface area contributed by atoms with Crippen LogP contribution in [0.4, 0.5) is 5.69 Å². The summed E-state index contributed by atoms with van der Waals surface area (Å²) in [6.07, 6.45) is 5.63. The lowest BCUT2D eigenvalue weighted by Gasteiger charge is -2.08. The predicted octanol–water partition coefficient (Wildman–Crippen LogP) is 4.41. The first-order valence-corrected chi connectivity index (χ1v) is 9.70. The van der Waals surface area contributed by atoms with Crippen molar-refractivity contribution in [2.45, 2.75) is 43.8 Å². The highest BCUT2D eigenvalue weighted by atomic mass is 33.1. The molecule has 0 bridgehead atoms. The van der Waals surface area contributed by atoms with Gasteiger partial charge in [-0.2, -0.15) is 5.26 Å². The molecule has 0 aromatic heterocycles. The van der Waals surface area contributed by atoms with E-state index in [4.69, 9.17) is 5.26 Å². The average Bonchev–Trinajstić information content (AvgIpc) is 2.99. The predicted molar refractivity (Wildman–Crippen MR) is 91.3 cm³/mol. The van der Waals surface area contributed by atoms with Gasteiger partial charge in [0.2, 0.25) is 5.91 Å². The van der Waals surface area contributed by atoms with E-state index < -0.39 is 0 Å². The van der Waals surface area contributed by atoms with Crippen LogP contribution in [0.2, 0.25) is 0 Å². The lowest BCUT2D eigenvalue weighted by atomic mass is 10.1. The molecule has 0 spiro atoms. The highest BCUT2D eigenvalue weighted by Gasteiger charge is 2.15. The largest absolute Gasteiger partial charge is 0.326 e. The number of benzene rings is 1. The number of amides is 1. The summed E-state index contributed by atoms with van der Waals surface area (Å²) in [5.74, 6) is 1.36. The number of nitriles is 1. The molecule has 1 aromatic carbocycles. The SMILES string of the molecule is N#CCc1ccc(NC(=O)CCCCC2CCSS2)cc1. The van der Waals surface area contributed by atoms with E-state index in [0.29, 0.717) is 12.8 Å². The molecule has 1 N–H and O–H groups in total. The molecule has 3 nitrogen and oxygen atoms in total. The van der Waals surface area contributed by atoms with Crippen LogP contribution in [0.5, 0.6) is 0 Å². The summed E-state index contributed by atoms with van der Waals surface area (Å²) in [7, 11) is 3.97. The van der Waals surface area contributed by atoms with Gasteiger partial charge in [0, 0.05) is 23.1 Å². The van der Waals surface area contributed by atoms with Crippen molar-refractivity contribution in [1.29, 1.82) is 5.26 Å². The van der Waals surface area contributed by atoms with Gasteiger partial charge in [-0.05, 0) is 37.0 Å². The van der Waals surface area contributed by atoms with Crippen molar-refractivity contribution in [3.05, 3.63) is 29.8 Å². The molecule has 1 aromatic rings. The minimum absolute atomic E-state index is 0.0801. The molecule has 21 heavy (non-hydrogen) atoms. The van der Waals surface area contributed by atoms with Crippen molar-refractivity contribution in [2.24, 2.45) is 0 Å². The van der Waals surface area contributed by atoms with Crippen molar-refractivity contribution < 1.29 is 4.79 Å². The van der Waals surface area contributed by atoms with Crippen LogP contribution in [0.25, 0.3) is 0 Å². The third-order valence-corrected chi connectivity index (χ3v) is 6.43. The fourth-order valence-corrected chi connectivity index (χ4v) is 5.27. The van der Waals surface area contributed by atoms with E-state index in [1.807, 2.05) is 45.9 Å². The Morgan fingerprint density at radius 2 is 2.14 bits per heavy atom. The highest BCUT2D eigenvalue weighted by Crippen LogP contribution is 2.39. The van der Waals surface area contributed by atoms with Crippen LogP contribution < -0.4 is 5.32 Å². The second kappa shape index (κ2) is 9.01. The Hall–Kier alpha value is -1.12. The smallest absolute Gasteiger partial charge is 0.224 e. The molecule has 1 heterocycles. The maximum atomic E-state index is 11.8. The van der Waals surface area contributed by atoms with Crippen LogP contribution in [0.3, 0.4) is 0 Å². The van der Waals surface area contributed by atoms with Crippen molar-refractivity contribution in [3.8, 4) is 6.07 Å². The molecule has 1 amide bonds. The molecule has 1 atom stereocenters. The van der Waals surface area contributed by atoms with E-state index in [0.717, 1.165) is 29.3 Å². The minimum Gasteiger partial charge on any atom is -0.326 e. The van der Waals surface area contributed by atoms with Gasteiger partial charge in [-0.1, -0.05) is 40.1 Å². The van der Waals surface area contributed by atoms with E-state index in [2.05, 4.69) is 11.4 Å². The molecule has 0 saturated carbocycles. The van der Waals surface area contributed by atoms with Crippen molar-refractivity contribution in [2.75, 3.05) is 11.1 Å². The number of carbonyl (C=O) groups excluding carboxylic acids is 1. The van der Waals surface area contributed by atoms with E-state index >= 15 is 0 Å². The van der Waals surface area contributed by atoms with Gasteiger partial charge in [0.25, 0.3) is 0 Å². The van der Waals surface area contributed by atoms with Crippen LogP contribution in [0.15, 0.2) is 24.3 Å². The zero-order valence-electron chi connectivity index (χ0n) is 12.0. The van der Waals surface area contributed by atoms with Gasteiger partial charge in [0.15, 0.2) is 0 Å². The monoisotopic (exact) mass is 320 g/mol. The van der Waals surface area contributed by atoms with Crippen LogP contribution in [0.1, 0.15) is 37.7 Å². The number of rotatable bonds is 7. The standard InChI is InChI=1S/C16H20N2OS2/c17-11-9-13-5-7-14(8-6-13)18-16(19)4-2-1-3-15-10-12-20-21-15/h5-8,15H,1-4,9-10,12H2,(H,18,19). The molecular weight excluding hydrogens is 300 g/mol. The molecule has 112 valence electrons. The number of unbranched alkanes of at least 4 members (excludes halogenated alkanes) is 1. The Morgan fingerprint density at radius 3 is 2.81 bits per heavy atom.